The second-order valence-electron chi connectivity index (χ2n) is 8.59. The van der Waals surface area contributed by atoms with Gasteiger partial charge in [-0.1, -0.05) is 18.2 Å². The molecule has 0 bridgehead atoms. The first-order chi connectivity index (χ1) is 16.8. The zero-order valence-electron chi connectivity index (χ0n) is 18.5. The Morgan fingerprint density at radius 1 is 1.09 bits per heavy atom. The normalized spacial score (nSPS) is 20.4. The number of aliphatic hydroxyl groups excluding tert-OH is 1. The van der Waals surface area contributed by atoms with Gasteiger partial charge in [-0.25, -0.2) is 9.29 Å². The molecule has 0 spiro atoms. The van der Waals surface area contributed by atoms with Gasteiger partial charge in [0.05, 0.1) is 17.7 Å². The van der Waals surface area contributed by atoms with Gasteiger partial charge in [0.2, 0.25) is 0 Å². The summed E-state index contributed by atoms with van der Waals surface area (Å²) in [4.78, 5) is 16.6. The van der Waals surface area contributed by atoms with Crippen LogP contribution in [0.5, 0.6) is 0 Å². The van der Waals surface area contributed by atoms with Crippen molar-refractivity contribution in [3.05, 3.63) is 77.5 Å². The van der Waals surface area contributed by atoms with Crippen molar-refractivity contribution in [3.63, 3.8) is 0 Å². The summed E-state index contributed by atoms with van der Waals surface area (Å²) in [5.74, 6) is 0.278. The number of fused-ring (bicyclic) bond motifs is 1. The summed E-state index contributed by atoms with van der Waals surface area (Å²) < 4.78 is 40.2. The topological polar surface area (TPSA) is 77.5 Å². The maximum Gasteiger partial charge on any atom is 0.417 e. The van der Waals surface area contributed by atoms with Crippen LogP contribution in [0.2, 0.25) is 0 Å². The van der Waals surface area contributed by atoms with Gasteiger partial charge in [0.1, 0.15) is 5.82 Å². The highest BCUT2D eigenvalue weighted by Crippen LogP contribution is 2.32. The van der Waals surface area contributed by atoms with E-state index in [0.29, 0.717) is 31.9 Å². The first-order valence-electron chi connectivity index (χ1n) is 11.2. The molecule has 3 heterocycles. The Hall–Kier alpha value is -3.08. The van der Waals surface area contributed by atoms with Crippen molar-refractivity contribution in [1.82, 2.24) is 14.6 Å². The molecule has 6 nitrogen and oxygen atoms in total. The van der Waals surface area contributed by atoms with Crippen molar-refractivity contribution in [2.24, 2.45) is 0 Å². The van der Waals surface area contributed by atoms with Crippen molar-refractivity contribution in [2.75, 3.05) is 18.4 Å². The Morgan fingerprint density at radius 2 is 1.86 bits per heavy atom. The van der Waals surface area contributed by atoms with Crippen LogP contribution in [0, 0.1) is 0 Å². The third-order valence-electron chi connectivity index (χ3n) is 6.18. The lowest BCUT2D eigenvalue weighted by atomic mass is 10.0. The van der Waals surface area contributed by atoms with Gasteiger partial charge >= 0.3 is 6.18 Å². The largest absolute Gasteiger partial charge is 0.417 e. The molecule has 3 N–H and O–H groups in total. The number of β-amino-alcohol motifs (C(OH)–C–C–N with tert-alkyl or cyclic N) is 1. The predicted molar refractivity (Wildman–Crippen MR) is 128 cm³/mol. The number of piperidine rings is 1. The Labute approximate surface area is 204 Å². The molecule has 2 aliphatic heterocycles. The highest BCUT2D eigenvalue weighted by atomic mass is 32.2. The van der Waals surface area contributed by atoms with Crippen LogP contribution in [-0.4, -0.2) is 45.5 Å². The number of carbonyl (C=O) groups excluding carboxylic acids is 1. The van der Waals surface area contributed by atoms with E-state index in [-0.39, 0.29) is 11.9 Å². The quantitative estimate of drug-likeness (QED) is 0.446. The lowest BCUT2D eigenvalue weighted by molar-refractivity contribution is -0.137. The molecule has 182 valence electrons. The summed E-state index contributed by atoms with van der Waals surface area (Å²) in [7, 11) is 0. The van der Waals surface area contributed by atoms with E-state index in [0.717, 1.165) is 39.4 Å². The molecule has 5 rings (SSSR count). The lowest BCUT2D eigenvalue weighted by Gasteiger charge is -2.35. The molecular formula is C25H23F3N4O2S. The summed E-state index contributed by atoms with van der Waals surface area (Å²) in [6.07, 6.45) is -3.70. The van der Waals surface area contributed by atoms with Crippen LogP contribution in [-0.2, 0) is 12.7 Å². The van der Waals surface area contributed by atoms with Gasteiger partial charge in [0.25, 0.3) is 5.91 Å². The maximum absolute atomic E-state index is 12.7. The number of aliphatic hydroxyl groups is 1. The molecule has 10 heteroatoms. The van der Waals surface area contributed by atoms with E-state index in [9.17, 15) is 23.1 Å². The van der Waals surface area contributed by atoms with E-state index in [4.69, 9.17) is 0 Å². The minimum absolute atomic E-state index is 0.0323. The SMILES string of the molecule is O=C1NCc2cc(-c3ccc(SN4CCC(Nc5ccc(C(F)(F)F)cn5)C(O)C4)cc3)ccc21. The number of benzene rings is 2. The third kappa shape index (κ3) is 5.29. The third-order valence-corrected chi connectivity index (χ3v) is 7.25. The molecule has 0 aliphatic carbocycles. The molecule has 3 aromatic rings. The number of hydrogen-bond acceptors (Lipinski definition) is 6. The monoisotopic (exact) mass is 500 g/mol. The summed E-state index contributed by atoms with van der Waals surface area (Å²) in [5, 5.41) is 16.5. The summed E-state index contributed by atoms with van der Waals surface area (Å²) in [6, 6.07) is 15.9. The number of amides is 1. The number of hydrogen-bond donors (Lipinski definition) is 3. The average Bonchev–Trinajstić information content (AvgIpc) is 3.21. The van der Waals surface area contributed by atoms with Crippen LogP contribution in [0.15, 0.2) is 65.7 Å². The van der Waals surface area contributed by atoms with Crippen molar-refractivity contribution in [1.29, 1.82) is 0 Å². The number of anilines is 1. The molecule has 0 saturated carbocycles. The smallest absolute Gasteiger partial charge is 0.390 e. The van der Waals surface area contributed by atoms with Crippen LogP contribution in [0.4, 0.5) is 19.0 Å². The maximum atomic E-state index is 12.7. The first kappa shape index (κ1) is 23.7. The number of carbonyl (C=O) groups is 1. The number of pyridine rings is 1. The number of aromatic nitrogens is 1. The molecular weight excluding hydrogens is 477 g/mol. The number of rotatable bonds is 5. The highest BCUT2D eigenvalue weighted by molar-refractivity contribution is 7.97. The molecule has 1 fully saturated rings. The van der Waals surface area contributed by atoms with E-state index in [1.807, 2.05) is 42.5 Å². The Bertz CT molecular complexity index is 1220. The molecule has 1 saturated heterocycles. The highest BCUT2D eigenvalue weighted by Gasteiger charge is 2.32. The van der Waals surface area contributed by atoms with Gasteiger partial charge in [-0.3, -0.25) is 4.79 Å². The second-order valence-corrected chi connectivity index (χ2v) is 9.77. The fourth-order valence-corrected chi connectivity index (χ4v) is 5.24. The Kier molecular flexibility index (Phi) is 6.43. The Balaban J connectivity index is 1.16. The van der Waals surface area contributed by atoms with Crippen molar-refractivity contribution in [3.8, 4) is 11.1 Å². The van der Waals surface area contributed by atoms with Gasteiger partial charge in [-0.2, -0.15) is 13.2 Å². The van der Waals surface area contributed by atoms with Gasteiger partial charge in [0.15, 0.2) is 0 Å². The molecule has 0 radical (unpaired) electrons. The molecule has 2 aliphatic rings. The van der Waals surface area contributed by atoms with Gasteiger partial charge in [0, 0.05) is 36.3 Å². The minimum atomic E-state index is -4.43. The molecule has 1 amide bonds. The second kappa shape index (κ2) is 9.52. The van der Waals surface area contributed by atoms with Crippen molar-refractivity contribution >= 4 is 23.7 Å². The number of nitrogens with zero attached hydrogens (tertiary/aromatic N) is 2. The minimum Gasteiger partial charge on any atom is -0.390 e. The summed E-state index contributed by atoms with van der Waals surface area (Å²) >= 11 is 1.56. The zero-order chi connectivity index (χ0) is 24.6. The van der Waals surface area contributed by atoms with E-state index in [1.165, 1.54) is 6.07 Å². The lowest BCUT2D eigenvalue weighted by Crippen LogP contribution is -2.47. The van der Waals surface area contributed by atoms with E-state index in [1.54, 1.807) is 11.9 Å². The van der Waals surface area contributed by atoms with Crippen LogP contribution in [0.25, 0.3) is 11.1 Å². The van der Waals surface area contributed by atoms with Crippen LogP contribution < -0.4 is 10.6 Å². The molecule has 2 unspecified atom stereocenters. The Morgan fingerprint density at radius 3 is 2.54 bits per heavy atom. The summed E-state index contributed by atoms with van der Waals surface area (Å²) in [6.45, 7) is 1.67. The fourth-order valence-electron chi connectivity index (χ4n) is 4.26. The van der Waals surface area contributed by atoms with Gasteiger partial charge in [-0.15, -0.1) is 0 Å². The molecule has 2 atom stereocenters. The van der Waals surface area contributed by atoms with Gasteiger partial charge in [-0.05, 0) is 71.5 Å². The van der Waals surface area contributed by atoms with Crippen LogP contribution in [0.1, 0.15) is 27.9 Å². The number of nitrogens with one attached hydrogen (secondary N) is 2. The van der Waals surface area contributed by atoms with E-state index < -0.39 is 17.8 Å². The molecule has 1 aromatic heterocycles. The molecule has 35 heavy (non-hydrogen) atoms. The number of halogens is 3. The first-order valence-corrected chi connectivity index (χ1v) is 12.0. The van der Waals surface area contributed by atoms with Crippen molar-refractivity contribution in [2.45, 2.75) is 36.2 Å². The van der Waals surface area contributed by atoms with E-state index >= 15 is 0 Å². The fraction of sp³-hybridized carbons (Fsp3) is 0.280. The van der Waals surface area contributed by atoms with Crippen LogP contribution in [0.3, 0.4) is 0 Å². The number of alkyl halides is 3. The predicted octanol–water partition coefficient (Wildman–Crippen LogP) is 4.57. The average molecular weight is 501 g/mol. The standard InChI is InChI=1S/C25H23F3N4O2S/c26-25(27,28)18-4-8-23(29-13-18)31-21-9-10-32(14-22(21)33)35-19-5-1-15(2-6-19)16-3-7-20-17(11-16)12-30-24(20)34/h1-8,11,13,21-22,33H,9-10,12,14H2,(H,29,31)(H,30,34). The van der Waals surface area contributed by atoms with Gasteiger partial charge < -0.3 is 15.7 Å². The van der Waals surface area contributed by atoms with Crippen LogP contribution >= 0.6 is 11.9 Å². The zero-order valence-corrected chi connectivity index (χ0v) is 19.4. The van der Waals surface area contributed by atoms with E-state index in [2.05, 4.69) is 19.9 Å². The van der Waals surface area contributed by atoms with Crippen molar-refractivity contribution < 1.29 is 23.1 Å². The summed E-state index contributed by atoms with van der Waals surface area (Å²) in [5.41, 5.74) is 3.04. The molecule has 2 aromatic carbocycles.